The van der Waals surface area contributed by atoms with Crippen molar-refractivity contribution in [3.63, 3.8) is 0 Å². The number of carbonyl (C=O) groups is 1. The zero-order chi connectivity index (χ0) is 15.0. The lowest BCUT2D eigenvalue weighted by Gasteiger charge is -2.29. The number of nitrogens with zero attached hydrogens (tertiary/aromatic N) is 1. The molecule has 1 unspecified atom stereocenters. The first-order valence-electron chi connectivity index (χ1n) is 7.80. The zero-order valence-corrected chi connectivity index (χ0v) is 15.2. The minimum Gasteiger partial charge on any atom is -0.481 e. The normalized spacial score (nSPS) is 28.9. The number of carboxylic acid groups (broad SMARTS) is 1. The molecule has 0 bridgehead atoms. The number of hydrogen-bond acceptors (Lipinski definition) is 2. The molecule has 1 N–H and O–H groups in total. The Morgan fingerprint density at radius 3 is 2.68 bits per heavy atom. The second-order valence-corrected chi connectivity index (χ2v) is 7.37. The summed E-state index contributed by atoms with van der Waals surface area (Å²) >= 11 is 3.48. The molecule has 3 atom stereocenters. The first-order chi connectivity index (χ1) is 10.1. The van der Waals surface area contributed by atoms with Gasteiger partial charge in [0.05, 0.1) is 5.41 Å². The number of carboxylic acids is 1. The van der Waals surface area contributed by atoms with E-state index in [0.717, 1.165) is 36.7 Å². The molecule has 3 rings (SSSR count). The van der Waals surface area contributed by atoms with Gasteiger partial charge in [0, 0.05) is 23.6 Å². The molecule has 1 aliphatic heterocycles. The van der Waals surface area contributed by atoms with Crippen LogP contribution in [0.4, 0.5) is 0 Å². The van der Waals surface area contributed by atoms with E-state index in [-0.39, 0.29) is 12.4 Å². The second-order valence-electron chi connectivity index (χ2n) is 6.46. The molecule has 1 saturated carbocycles. The van der Waals surface area contributed by atoms with Crippen LogP contribution in [0.2, 0.25) is 0 Å². The Morgan fingerprint density at radius 1 is 1.45 bits per heavy atom. The number of benzene rings is 1. The maximum absolute atomic E-state index is 11.8. The molecular weight excluding hydrogens is 366 g/mol. The Bertz CT molecular complexity index is 536. The fraction of sp³-hybridized carbons (Fsp3) is 0.588. The molecular formula is C17H23BrClNO2. The smallest absolute Gasteiger partial charge is 0.311 e. The van der Waals surface area contributed by atoms with E-state index < -0.39 is 11.4 Å². The topological polar surface area (TPSA) is 40.5 Å². The van der Waals surface area contributed by atoms with Gasteiger partial charge < -0.3 is 5.11 Å². The Kier molecular flexibility index (Phi) is 5.57. The van der Waals surface area contributed by atoms with Crippen molar-refractivity contribution in [1.82, 2.24) is 4.90 Å². The van der Waals surface area contributed by atoms with Gasteiger partial charge in [-0.15, -0.1) is 12.4 Å². The van der Waals surface area contributed by atoms with E-state index in [9.17, 15) is 9.90 Å². The van der Waals surface area contributed by atoms with E-state index in [4.69, 9.17) is 0 Å². The van der Waals surface area contributed by atoms with Crippen molar-refractivity contribution in [3.8, 4) is 0 Å². The van der Waals surface area contributed by atoms with Gasteiger partial charge in [-0.1, -0.05) is 41.4 Å². The monoisotopic (exact) mass is 387 g/mol. The summed E-state index contributed by atoms with van der Waals surface area (Å²) in [7, 11) is 0. The quantitative estimate of drug-likeness (QED) is 0.825. The number of rotatable bonds is 4. The van der Waals surface area contributed by atoms with Crippen molar-refractivity contribution < 1.29 is 9.90 Å². The Balaban J connectivity index is 0.00000176. The molecule has 1 aromatic carbocycles. The maximum atomic E-state index is 11.8. The highest BCUT2D eigenvalue weighted by atomic mass is 79.9. The molecule has 2 fully saturated rings. The summed E-state index contributed by atoms with van der Waals surface area (Å²) in [4.78, 5) is 14.2. The molecule has 0 radical (unpaired) electrons. The van der Waals surface area contributed by atoms with Gasteiger partial charge in [0.15, 0.2) is 0 Å². The average molecular weight is 389 g/mol. The third kappa shape index (κ3) is 2.93. The van der Waals surface area contributed by atoms with Gasteiger partial charge in [0.1, 0.15) is 0 Å². The van der Waals surface area contributed by atoms with Crippen LogP contribution in [0.25, 0.3) is 0 Å². The number of aliphatic carboxylic acids is 1. The molecule has 3 nitrogen and oxygen atoms in total. The minimum atomic E-state index is -0.585. The van der Waals surface area contributed by atoms with Crippen molar-refractivity contribution >= 4 is 34.3 Å². The first kappa shape index (κ1) is 17.8. The predicted molar refractivity (Wildman–Crippen MR) is 93.4 cm³/mol. The Hall–Kier alpha value is -0.580. The molecule has 1 aliphatic carbocycles. The van der Waals surface area contributed by atoms with Gasteiger partial charge in [0.2, 0.25) is 0 Å². The molecule has 22 heavy (non-hydrogen) atoms. The zero-order valence-electron chi connectivity index (χ0n) is 12.8. The van der Waals surface area contributed by atoms with Crippen LogP contribution < -0.4 is 0 Å². The minimum absolute atomic E-state index is 0. The van der Waals surface area contributed by atoms with Crippen LogP contribution in [0.1, 0.15) is 44.2 Å². The fourth-order valence-corrected chi connectivity index (χ4v) is 4.57. The summed E-state index contributed by atoms with van der Waals surface area (Å²) in [6.45, 7) is 3.83. The summed E-state index contributed by atoms with van der Waals surface area (Å²) in [5.74, 6) is -0.252. The van der Waals surface area contributed by atoms with Crippen LogP contribution in [0, 0.1) is 11.3 Å². The maximum Gasteiger partial charge on any atom is 0.311 e. The molecule has 0 aromatic heterocycles. The van der Waals surface area contributed by atoms with Crippen molar-refractivity contribution in [1.29, 1.82) is 0 Å². The number of likely N-dealkylation sites (tertiary alicyclic amines) is 1. The van der Waals surface area contributed by atoms with Crippen molar-refractivity contribution in [2.45, 2.75) is 38.6 Å². The molecule has 1 aromatic rings. The van der Waals surface area contributed by atoms with Crippen LogP contribution in [0.3, 0.4) is 0 Å². The van der Waals surface area contributed by atoms with Crippen LogP contribution in [-0.2, 0) is 4.79 Å². The first-order valence-corrected chi connectivity index (χ1v) is 8.59. The standard InChI is InChI=1S/C17H22BrNO2.ClH/c1-2-15(12-5-7-14(18)8-6-12)19-10-13-4-3-9-17(13,11-19)16(20)21;/h5-8,13,15H,2-4,9-11H2,1H3,(H,20,21);1H/t13-,15?,17+;/m0./s1. The summed E-state index contributed by atoms with van der Waals surface area (Å²) in [5, 5.41) is 9.72. The molecule has 2 aliphatic rings. The molecule has 0 amide bonds. The average Bonchev–Trinajstić information content (AvgIpc) is 2.99. The van der Waals surface area contributed by atoms with E-state index in [1.165, 1.54) is 5.56 Å². The highest BCUT2D eigenvalue weighted by molar-refractivity contribution is 9.10. The largest absolute Gasteiger partial charge is 0.481 e. The van der Waals surface area contributed by atoms with E-state index in [0.29, 0.717) is 18.5 Å². The third-order valence-corrected chi connectivity index (χ3v) is 5.93. The van der Waals surface area contributed by atoms with Crippen LogP contribution in [0.5, 0.6) is 0 Å². The van der Waals surface area contributed by atoms with E-state index in [1.54, 1.807) is 0 Å². The number of hydrogen-bond donors (Lipinski definition) is 1. The van der Waals surface area contributed by atoms with Gasteiger partial charge in [-0.3, -0.25) is 9.69 Å². The van der Waals surface area contributed by atoms with Gasteiger partial charge >= 0.3 is 5.97 Å². The van der Waals surface area contributed by atoms with Gasteiger partial charge in [0.25, 0.3) is 0 Å². The molecule has 5 heteroatoms. The van der Waals surface area contributed by atoms with Crippen LogP contribution in [-0.4, -0.2) is 29.1 Å². The van der Waals surface area contributed by atoms with Gasteiger partial charge in [-0.25, -0.2) is 0 Å². The van der Waals surface area contributed by atoms with E-state index in [1.807, 2.05) is 0 Å². The lowest BCUT2D eigenvalue weighted by molar-refractivity contribution is -0.149. The van der Waals surface area contributed by atoms with Gasteiger partial charge in [-0.2, -0.15) is 0 Å². The molecule has 1 heterocycles. The lowest BCUT2D eigenvalue weighted by atomic mass is 9.81. The fourth-order valence-electron chi connectivity index (χ4n) is 4.30. The number of fused-ring (bicyclic) bond motifs is 1. The Morgan fingerprint density at radius 2 is 2.14 bits per heavy atom. The lowest BCUT2D eigenvalue weighted by Crippen LogP contribution is -2.36. The number of halogens is 2. The van der Waals surface area contributed by atoms with Crippen molar-refractivity contribution in [3.05, 3.63) is 34.3 Å². The van der Waals surface area contributed by atoms with Crippen molar-refractivity contribution in [2.24, 2.45) is 11.3 Å². The van der Waals surface area contributed by atoms with Crippen LogP contribution >= 0.6 is 28.3 Å². The summed E-state index contributed by atoms with van der Waals surface area (Å²) in [5.41, 5.74) is 0.809. The molecule has 122 valence electrons. The van der Waals surface area contributed by atoms with E-state index in [2.05, 4.69) is 52.0 Å². The van der Waals surface area contributed by atoms with Crippen LogP contribution in [0.15, 0.2) is 28.7 Å². The summed E-state index contributed by atoms with van der Waals surface area (Å²) in [6, 6.07) is 8.78. The highest BCUT2D eigenvalue weighted by Gasteiger charge is 2.55. The third-order valence-electron chi connectivity index (χ3n) is 5.41. The molecule has 0 spiro atoms. The second kappa shape index (κ2) is 6.90. The summed E-state index contributed by atoms with van der Waals surface area (Å²) in [6.07, 6.45) is 4.00. The van der Waals surface area contributed by atoms with Crippen molar-refractivity contribution in [2.75, 3.05) is 13.1 Å². The summed E-state index contributed by atoms with van der Waals surface area (Å²) < 4.78 is 1.08. The Labute approximate surface area is 146 Å². The highest BCUT2D eigenvalue weighted by Crippen LogP contribution is 2.51. The van der Waals surface area contributed by atoms with E-state index >= 15 is 0 Å². The molecule has 1 saturated heterocycles. The van der Waals surface area contributed by atoms with Gasteiger partial charge in [-0.05, 0) is 42.9 Å². The SMILES string of the molecule is CCC(c1ccc(Br)cc1)N1C[C@@H]2CCC[C@@]2(C(=O)O)C1.Cl. The predicted octanol–water partition coefficient (Wildman–Crippen LogP) is 4.51.